The summed E-state index contributed by atoms with van der Waals surface area (Å²) in [7, 11) is -2.58. The molecule has 0 radical (unpaired) electrons. The van der Waals surface area contributed by atoms with Crippen molar-refractivity contribution in [2.24, 2.45) is 10.7 Å². The normalized spacial score (nSPS) is 22.5. The number of aromatic nitrogens is 2. The summed E-state index contributed by atoms with van der Waals surface area (Å²) in [6.45, 7) is 4.03. The Balaban J connectivity index is 1.96. The Bertz CT molecular complexity index is 1260. The number of halogens is 4. The minimum Gasteiger partial charge on any atom is -0.386 e. The second-order valence-corrected chi connectivity index (χ2v) is 11.1. The van der Waals surface area contributed by atoms with E-state index in [1.165, 1.54) is 40.0 Å². The monoisotopic (exact) mass is 502 g/mol. The fraction of sp³-hybridized carbons (Fsp3) is 0.400. The second kappa shape index (κ2) is 8.27. The van der Waals surface area contributed by atoms with Crippen molar-refractivity contribution in [1.29, 1.82) is 0 Å². The summed E-state index contributed by atoms with van der Waals surface area (Å²) < 4.78 is 78.1. The van der Waals surface area contributed by atoms with Gasteiger partial charge >= 0.3 is 6.18 Å². The number of carbonyl (C=O) groups is 1. The minimum absolute atomic E-state index is 0.0543. The first-order chi connectivity index (χ1) is 15.5. The van der Waals surface area contributed by atoms with Crippen LogP contribution < -0.4 is 11.1 Å². The smallest absolute Gasteiger partial charge is 0.386 e. The molecule has 0 unspecified atom stereocenters. The first-order valence-electron chi connectivity index (χ1n) is 9.81. The molecule has 1 aromatic carbocycles. The van der Waals surface area contributed by atoms with Gasteiger partial charge in [-0.2, -0.15) is 13.2 Å². The Morgan fingerprint density at radius 3 is 2.32 bits per heavy atom. The van der Waals surface area contributed by atoms with Crippen molar-refractivity contribution < 1.29 is 30.8 Å². The number of amidine groups is 1. The minimum atomic E-state index is -4.66. The lowest BCUT2D eigenvalue weighted by Gasteiger charge is -2.29. The highest BCUT2D eigenvalue weighted by atomic mass is 32.2. The molecule has 14 heteroatoms. The number of rotatable bonds is 3. The Hall–Kier alpha value is -3.13. The van der Waals surface area contributed by atoms with Crippen LogP contribution in [0.1, 0.15) is 42.5 Å². The number of nitrogens with two attached hydrogens (primary N) is 1. The van der Waals surface area contributed by atoms with Crippen LogP contribution in [0, 0.1) is 5.82 Å². The molecule has 9 nitrogen and oxygen atoms in total. The molecule has 0 fully saturated rings. The van der Waals surface area contributed by atoms with Crippen LogP contribution in [0.3, 0.4) is 0 Å². The number of anilines is 1. The molecular weight excluding hydrogens is 480 g/mol. The van der Waals surface area contributed by atoms with Gasteiger partial charge in [-0.1, -0.05) is 0 Å². The van der Waals surface area contributed by atoms with Crippen LogP contribution in [-0.2, 0) is 21.7 Å². The first kappa shape index (κ1) is 25.5. The Labute approximate surface area is 193 Å². The lowest BCUT2D eigenvalue weighted by Crippen LogP contribution is -2.50. The molecule has 3 rings (SSSR count). The van der Waals surface area contributed by atoms with Crippen molar-refractivity contribution in [2.45, 2.75) is 37.2 Å². The van der Waals surface area contributed by atoms with Gasteiger partial charge in [0, 0.05) is 37.2 Å². The number of hydrogen-bond donors (Lipinski definition) is 2. The molecule has 1 amide bonds. The third-order valence-corrected chi connectivity index (χ3v) is 8.01. The maximum atomic E-state index is 14.9. The fourth-order valence-electron chi connectivity index (χ4n) is 3.42. The summed E-state index contributed by atoms with van der Waals surface area (Å²) in [6, 6.07) is 3.51. The van der Waals surface area contributed by atoms with Crippen molar-refractivity contribution >= 4 is 27.5 Å². The molecule has 34 heavy (non-hydrogen) atoms. The third kappa shape index (κ3) is 4.46. The van der Waals surface area contributed by atoms with Crippen molar-refractivity contribution in [3.8, 4) is 0 Å². The van der Waals surface area contributed by atoms with Gasteiger partial charge in [0.25, 0.3) is 5.91 Å². The molecule has 0 spiro atoms. The Morgan fingerprint density at radius 1 is 1.18 bits per heavy atom. The van der Waals surface area contributed by atoms with E-state index in [0.29, 0.717) is 12.4 Å². The summed E-state index contributed by atoms with van der Waals surface area (Å²) in [5.41, 5.74) is 3.45. The van der Waals surface area contributed by atoms with E-state index in [9.17, 15) is 30.8 Å². The maximum Gasteiger partial charge on any atom is 0.419 e. The van der Waals surface area contributed by atoms with Gasteiger partial charge in [-0.3, -0.25) is 9.79 Å². The maximum absolute atomic E-state index is 14.9. The molecular formula is C20H22F4N6O3S. The molecule has 2 heterocycles. The number of amides is 1. The molecule has 1 aromatic heterocycles. The van der Waals surface area contributed by atoms with E-state index in [2.05, 4.69) is 20.3 Å². The number of nitrogens with one attached hydrogen (secondary N) is 1. The Morgan fingerprint density at radius 2 is 1.76 bits per heavy atom. The van der Waals surface area contributed by atoms with E-state index in [1.807, 2.05) is 0 Å². The lowest BCUT2D eigenvalue weighted by atomic mass is 9.91. The zero-order valence-corrected chi connectivity index (χ0v) is 19.4. The van der Waals surface area contributed by atoms with Crippen molar-refractivity contribution in [2.75, 3.05) is 18.9 Å². The van der Waals surface area contributed by atoms with E-state index in [0.717, 1.165) is 10.4 Å². The van der Waals surface area contributed by atoms with Gasteiger partial charge in [0.1, 0.15) is 21.9 Å². The van der Waals surface area contributed by atoms with Crippen molar-refractivity contribution in [3.05, 3.63) is 53.4 Å². The van der Waals surface area contributed by atoms with E-state index < -0.39 is 49.6 Å². The standard InChI is InChI=1S/C20H22F4N6O3S/c1-18(2)17(25)29-19(3,10-30(4)34(18,32)33)13-7-12(5-6-14(13)21)28-16(31)15-26-8-11(9-27-15)20(22,23)24/h5-9H,10H2,1-4H3,(H2,25,29)(H,28,31)/t19-/m0/s1. The SMILES string of the molecule is CN1C[C@@](C)(c2cc(NC(=O)c3ncc(C(F)(F)F)cn3)ccc2F)N=C(N)C(C)(C)S1(=O)=O. The topological polar surface area (TPSA) is 131 Å². The molecule has 2 aromatic rings. The van der Waals surface area contributed by atoms with Crippen LogP contribution in [0.2, 0.25) is 0 Å². The predicted molar refractivity (Wildman–Crippen MR) is 116 cm³/mol. The second-order valence-electron chi connectivity index (χ2n) is 8.48. The van der Waals surface area contributed by atoms with Crippen LogP contribution in [0.5, 0.6) is 0 Å². The van der Waals surface area contributed by atoms with Gasteiger partial charge < -0.3 is 11.1 Å². The number of benzene rings is 1. The van der Waals surface area contributed by atoms with Gasteiger partial charge in [0.2, 0.25) is 15.8 Å². The average Bonchev–Trinajstić information content (AvgIpc) is 2.77. The zero-order chi connectivity index (χ0) is 25.7. The van der Waals surface area contributed by atoms with Crippen LogP contribution in [-0.4, -0.2) is 52.8 Å². The van der Waals surface area contributed by atoms with Gasteiger partial charge in [-0.15, -0.1) is 0 Å². The average molecular weight is 502 g/mol. The zero-order valence-electron chi connectivity index (χ0n) is 18.6. The van der Waals surface area contributed by atoms with Crippen molar-refractivity contribution in [3.63, 3.8) is 0 Å². The quantitative estimate of drug-likeness (QED) is 0.621. The molecule has 1 aliphatic rings. The first-order valence-corrected chi connectivity index (χ1v) is 11.3. The van der Waals surface area contributed by atoms with Crippen LogP contribution in [0.15, 0.2) is 35.6 Å². The summed E-state index contributed by atoms with van der Waals surface area (Å²) in [6.07, 6.45) is -3.72. The van der Waals surface area contributed by atoms with E-state index in [1.54, 1.807) is 0 Å². The predicted octanol–water partition coefficient (Wildman–Crippen LogP) is 2.51. The Kier molecular flexibility index (Phi) is 6.20. The number of alkyl halides is 3. The lowest BCUT2D eigenvalue weighted by molar-refractivity contribution is -0.138. The molecule has 0 bridgehead atoms. The number of nitrogens with zero attached hydrogens (tertiary/aromatic N) is 4. The van der Waals surface area contributed by atoms with Gasteiger partial charge in [-0.05, 0) is 39.0 Å². The molecule has 1 aliphatic heterocycles. The highest BCUT2D eigenvalue weighted by molar-refractivity contribution is 7.91. The van der Waals surface area contributed by atoms with Gasteiger partial charge in [0.15, 0.2) is 0 Å². The van der Waals surface area contributed by atoms with Crippen LogP contribution in [0.25, 0.3) is 0 Å². The van der Waals surface area contributed by atoms with E-state index >= 15 is 0 Å². The largest absolute Gasteiger partial charge is 0.419 e. The molecule has 0 saturated heterocycles. The van der Waals surface area contributed by atoms with Gasteiger partial charge in [-0.25, -0.2) is 27.1 Å². The van der Waals surface area contributed by atoms with Crippen LogP contribution in [0.4, 0.5) is 23.2 Å². The van der Waals surface area contributed by atoms with Crippen LogP contribution >= 0.6 is 0 Å². The highest BCUT2D eigenvalue weighted by Crippen LogP contribution is 2.36. The third-order valence-electron chi connectivity index (χ3n) is 5.56. The molecule has 3 N–H and O–H groups in total. The van der Waals surface area contributed by atoms with Crippen molar-refractivity contribution in [1.82, 2.24) is 14.3 Å². The van der Waals surface area contributed by atoms with Gasteiger partial charge in [0.05, 0.1) is 5.56 Å². The summed E-state index contributed by atoms with van der Waals surface area (Å²) in [5, 5.41) is 2.39. The summed E-state index contributed by atoms with van der Waals surface area (Å²) >= 11 is 0. The fourth-order valence-corrected chi connectivity index (χ4v) is 4.93. The summed E-state index contributed by atoms with van der Waals surface area (Å²) in [4.78, 5) is 23.6. The molecule has 1 atom stereocenters. The van der Waals surface area contributed by atoms with E-state index in [-0.39, 0.29) is 23.6 Å². The number of hydrogen-bond acceptors (Lipinski definition) is 7. The highest BCUT2D eigenvalue weighted by Gasteiger charge is 2.48. The number of aliphatic imine (C=N–C) groups is 1. The van der Waals surface area contributed by atoms with E-state index in [4.69, 9.17) is 5.73 Å². The molecule has 0 saturated carbocycles. The number of sulfonamides is 1. The molecule has 0 aliphatic carbocycles. The number of carbonyl (C=O) groups excluding carboxylic acids is 1. The molecule has 184 valence electrons. The number of likely N-dealkylation sites (N-methyl/N-ethyl adjacent to an activating group) is 1. The summed E-state index contributed by atoms with van der Waals surface area (Å²) in [5.74, 6) is -2.41.